The minimum atomic E-state index is -0.274. The van der Waals surface area contributed by atoms with Crippen LogP contribution in [-0.2, 0) is 0 Å². The first-order valence-electron chi connectivity index (χ1n) is 15.0. The molecule has 3 nitrogen and oxygen atoms in total. The topological polar surface area (TPSA) is 30.7 Å². The van der Waals surface area contributed by atoms with Gasteiger partial charge in [0.25, 0.3) is 0 Å². The number of thiophene rings is 1. The highest BCUT2D eigenvalue weighted by Gasteiger charge is 2.23. The van der Waals surface area contributed by atoms with Crippen LogP contribution in [0.15, 0.2) is 140 Å². The molecular weight excluding hydrogens is 593 g/mol. The van der Waals surface area contributed by atoms with E-state index < -0.39 is 0 Å². The Morgan fingerprint density at radius 2 is 1.28 bits per heavy atom. The minimum absolute atomic E-state index is 0.265. The molecule has 6 aromatic carbocycles. The van der Waals surface area contributed by atoms with Crippen LogP contribution in [-0.4, -0.2) is 14.5 Å². The number of imidazole rings is 1. The number of halogens is 2. The van der Waals surface area contributed by atoms with Crippen LogP contribution in [0.2, 0.25) is 0 Å². The maximum absolute atomic E-state index is 15.7. The number of rotatable bonds is 4. The first-order valence-corrected chi connectivity index (χ1v) is 15.8. The Bertz CT molecular complexity index is 2600. The summed E-state index contributed by atoms with van der Waals surface area (Å²) in [6.07, 6.45) is 0. The van der Waals surface area contributed by atoms with Crippen molar-refractivity contribution in [1.82, 2.24) is 14.5 Å². The summed E-state index contributed by atoms with van der Waals surface area (Å²) < 4.78 is 32.6. The normalized spacial score (nSPS) is 11.7. The van der Waals surface area contributed by atoms with Crippen LogP contribution < -0.4 is 0 Å². The third-order valence-corrected chi connectivity index (χ3v) is 9.73. The van der Waals surface area contributed by atoms with Gasteiger partial charge in [-0.3, -0.25) is 4.57 Å². The molecule has 0 N–H and O–H groups in total. The molecule has 46 heavy (non-hydrogen) atoms. The summed E-state index contributed by atoms with van der Waals surface area (Å²) in [4.78, 5) is 11.1. The van der Waals surface area contributed by atoms with Gasteiger partial charge in [-0.2, -0.15) is 0 Å². The van der Waals surface area contributed by atoms with Crippen LogP contribution in [0.5, 0.6) is 0 Å². The summed E-state index contributed by atoms with van der Waals surface area (Å²) in [5, 5.41) is 3.49. The zero-order chi connectivity index (χ0) is 30.8. The zero-order valence-corrected chi connectivity index (χ0v) is 25.1. The fraction of sp³-hybridized carbons (Fsp3) is 0. The van der Waals surface area contributed by atoms with Gasteiger partial charge in [0.05, 0.1) is 22.4 Å². The Kier molecular flexibility index (Phi) is 6.05. The molecule has 0 aliphatic rings. The molecule has 0 aliphatic heterocycles. The van der Waals surface area contributed by atoms with Gasteiger partial charge < -0.3 is 0 Å². The van der Waals surface area contributed by atoms with Gasteiger partial charge in [0.1, 0.15) is 22.3 Å². The Morgan fingerprint density at radius 1 is 0.543 bits per heavy atom. The summed E-state index contributed by atoms with van der Waals surface area (Å²) in [6, 6.07) is 44.1. The van der Waals surface area contributed by atoms with Crippen molar-refractivity contribution < 1.29 is 8.78 Å². The molecule has 0 saturated carbocycles. The van der Waals surface area contributed by atoms with Crippen molar-refractivity contribution in [1.29, 1.82) is 0 Å². The van der Waals surface area contributed by atoms with Crippen LogP contribution in [0.4, 0.5) is 8.78 Å². The number of nitrogens with zero attached hydrogens (tertiary/aromatic N) is 3. The second-order valence-corrected chi connectivity index (χ2v) is 12.3. The fourth-order valence-corrected chi connectivity index (χ4v) is 7.65. The number of para-hydroxylation sites is 2. The fourth-order valence-electron chi connectivity index (χ4n) is 6.46. The van der Waals surface area contributed by atoms with Gasteiger partial charge in [-0.15, -0.1) is 11.3 Å². The third-order valence-electron chi connectivity index (χ3n) is 8.58. The number of hydrogen-bond donors (Lipinski definition) is 0. The summed E-state index contributed by atoms with van der Waals surface area (Å²) in [6.45, 7) is 0. The molecule has 0 fully saturated rings. The SMILES string of the molecule is Fc1ccc(-c2ccc3c(n2)sc2c(-c4nc5ccccc5n4-c4c(-c5ccccc5)cc(F)c5ccccc45)cccc23)cc1. The molecule has 3 aromatic heterocycles. The standard InChI is InChI=1S/C40H23F2N3S/c41-26-19-17-25(18-20-26)34-22-21-30-29-13-8-14-31(38(29)46-40(30)44-34)39-43-35-15-6-7-16-36(35)45(39)37-28-12-5-4-11-27(28)33(42)23-32(37)24-9-2-1-3-10-24/h1-23H. The average Bonchev–Trinajstić information content (AvgIpc) is 3.67. The van der Waals surface area contributed by atoms with Gasteiger partial charge >= 0.3 is 0 Å². The van der Waals surface area contributed by atoms with Gasteiger partial charge in [-0.05, 0) is 66.2 Å². The lowest BCUT2D eigenvalue weighted by Crippen LogP contribution is -2.03. The van der Waals surface area contributed by atoms with Crippen LogP contribution in [0.1, 0.15) is 0 Å². The average molecular weight is 616 g/mol. The Balaban J connectivity index is 1.36. The predicted molar refractivity (Wildman–Crippen MR) is 185 cm³/mol. The molecule has 9 rings (SSSR count). The van der Waals surface area contributed by atoms with E-state index >= 15 is 4.39 Å². The molecule has 9 aromatic rings. The highest BCUT2D eigenvalue weighted by atomic mass is 32.1. The molecule has 0 aliphatic carbocycles. The van der Waals surface area contributed by atoms with Crippen LogP contribution in [0.3, 0.4) is 0 Å². The first-order chi connectivity index (χ1) is 22.6. The molecule has 0 spiro atoms. The quantitative estimate of drug-likeness (QED) is 0.197. The second kappa shape index (κ2) is 10.4. The lowest BCUT2D eigenvalue weighted by atomic mass is 9.97. The monoisotopic (exact) mass is 615 g/mol. The second-order valence-electron chi connectivity index (χ2n) is 11.3. The third kappa shape index (κ3) is 4.15. The van der Waals surface area contributed by atoms with Crippen LogP contribution in [0, 0.1) is 11.6 Å². The Hall–Kier alpha value is -5.72. The molecule has 0 atom stereocenters. The van der Waals surface area contributed by atoms with Gasteiger partial charge in [-0.1, -0.05) is 78.9 Å². The first kappa shape index (κ1) is 26.7. The number of fused-ring (bicyclic) bond motifs is 5. The van der Waals surface area contributed by atoms with Gasteiger partial charge in [0.15, 0.2) is 0 Å². The van der Waals surface area contributed by atoms with E-state index in [9.17, 15) is 4.39 Å². The van der Waals surface area contributed by atoms with E-state index in [1.165, 1.54) is 12.1 Å². The van der Waals surface area contributed by atoms with Crippen molar-refractivity contribution in [3.05, 3.63) is 151 Å². The number of hydrogen-bond acceptors (Lipinski definition) is 3. The minimum Gasteiger partial charge on any atom is -0.291 e. The van der Waals surface area contributed by atoms with Crippen LogP contribution in [0.25, 0.3) is 81.6 Å². The lowest BCUT2D eigenvalue weighted by molar-refractivity contribution is 0.628. The van der Waals surface area contributed by atoms with E-state index in [0.717, 1.165) is 76.2 Å². The van der Waals surface area contributed by atoms with Crippen molar-refractivity contribution in [2.45, 2.75) is 0 Å². The van der Waals surface area contributed by atoms with Crippen LogP contribution >= 0.6 is 11.3 Å². The summed E-state index contributed by atoms with van der Waals surface area (Å²) in [7, 11) is 0. The highest BCUT2D eigenvalue weighted by Crippen LogP contribution is 2.44. The van der Waals surface area contributed by atoms with E-state index in [-0.39, 0.29) is 11.6 Å². The van der Waals surface area contributed by atoms with E-state index in [1.54, 1.807) is 29.5 Å². The molecule has 6 heteroatoms. The smallest absolute Gasteiger partial charge is 0.147 e. The largest absolute Gasteiger partial charge is 0.291 e. The number of aromatic nitrogens is 3. The van der Waals surface area contributed by atoms with Crippen molar-refractivity contribution >= 4 is 53.4 Å². The zero-order valence-electron chi connectivity index (χ0n) is 24.3. The number of benzene rings is 6. The van der Waals surface area contributed by atoms with Gasteiger partial charge in [0, 0.05) is 42.9 Å². The molecular formula is C40H23F2N3S. The van der Waals surface area contributed by atoms with Crippen molar-refractivity contribution in [2.24, 2.45) is 0 Å². The van der Waals surface area contributed by atoms with Crippen molar-refractivity contribution in [2.75, 3.05) is 0 Å². The molecule has 3 heterocycles. The van der Waals surface area contributed by atoms with Gasteiger partial charge in [-0.25, -0.2) is 18.7 Å². The van der Waals surface area contributed by atoms with Crippen molar-refractivity contribution in [3.63, 3.8) is 0 Å². The lowest BCUT2D eigenvalue weighted by Gasteiger charge is -2.18. The maximum atomic E-state index is 15.7. The van der Waals surface area contributed by atoms with E-state index in [1.807, 2.05) is 78.9 Å². The molecule has 0 saturated heterocycles. The Morgan fingerprint density at radius 3 is 2.13 bits per heavy atom. The maximum Gasteiger partial charge on any atom is 0.147 e. The van der Waals surface area contributed by atoms with Gasteiger partial charge in [0.2, 0.25) is 0 Å². The van der Waals surface area contributed by atoms with E-state index in [4.69, 9.17) is 9.97 Å². The number of pyridine rings is 1. The summed E-state index contributed by atoms with van der Waals surface area (Å²) >= 11 is 1.62. The summed E-state index contributed by atoms with van der Waals surface area (Å²) in [5.41, 5.74) is 6.98. The molecule has 0 amide bonds. The summed E-state index contributed by atoms with van der Waals surface area (Å²) in [5.74, 6) is 0.230. The van der Waals surface area contributed by atoms with Crippen molar-refractivity contribution in [3.8, 4) is 39.5 Å². The highest BCUT2D eigenvalue weighted by molar-refractivity contribution is 7.26. The predicted octanol–water partition coefficient (Wildman–Crippen LogP) is 11.2. The Labute approximate surface area is 266 Å². The molecule has 0 bridgehead atoms. The van der Waals surface area contributed by atoms with E-state index in [0.29, 0.717) is 5.39 Å². The van der Waals surface area contributed by atoms with E-state index in [2.05, 4.69) is 34.9 Å². The molecule has 0 unspecified atom stereocenters. The molecule has 0 radical (unpaired) electrons. The molecule has 218 valence electrons.